The van der Waals surface area contributed by atoms with Gasteiger partial charge in [0.2, 0.25) is 5.95 Å². The lowest BCUT2D eigenvalue weighted by molar-refractivity contribution is 0.115. The van der Waals surface area contributed by atoms with E-state index >= 15 is 0 Å². The Balaban J connectivity index is 1.37. The van der Waals surface area contributed by atoms with E-state index in [1.807, 2.05) is 6.07 Å². The number of hydrogen-bond donors (Lipinski definition) is 1. The van der Waals surface area contributed by atoms with Crippen molar-refractivity contribution in [3.05, 3.63) is 36.2 Å². The molecule has 1 N–H and O–H groups in total. The predicted molar refractivity (Wildman–Crippen MR) is 147 cm³/mol. The number of imidazole rings is 1. The molecule has 2 aromatic heterocycles. The Hall–Kier alpha value is -2.92. The van der Waals surface area contributed by atoms with Crippen LogP contribution in [0.5, 0.6) is 0 Å². The number of nitrogens with zero attached hydrogens (tertiary/aromatic N) is 6. The first-order valence-corrected chi connectivity index (χ1v) is 14.0. The maximum atomic E-state index is 14.1. The summed E-state index contributed by atoms with van der Waals surface area (Å²) in [5.74, 6) is 1.55. The maximum absolute atomic E-state index is 14.1. The van der Waals surface area contributed by atoms with Crippen molar-refractivity contribution in [3.8, 4) is 5.82 Å². The third-order valence-electron chi connectivity index (χ3n) is 7.82. The highest BCUT2D eigenvalue weighted by atomic mass is 19.3. The summed E-state index contributed by atoms with van der Waals surface area (Å²) in [7, 11) is 0. The van der Waals surface area contributed by atoms with E-state index in [0.717, 1.165) is 32.2 Å². The van der Waals surface area contributed by atoms with Gasteiger partial charge in [0.05, 0.1) is 24.2 Å². The van der Waals surface area contributed by atoms with Crippen molar-refractivity contribution in [2.75, 3.05) is 56.2 Å². The second kappa shape index (κ2) is 12.5. The zero-order valence-electron chi connectivity index (χ0n) is 22.7. The van der Waals surface area contributed by atoms with Gasteiger partial charge in [-0.05, 0) is 57.2 Å². The van der Waals surface area contributed by atoms with Crippen molar-refractivity contribution in [3.63, 3.8) is 0 Å². The van der Waals surface area contributed by atoms with Crippen LogP contribution in [0.3, 0.4) is 0 Å². The summed E-state index contributed by atoms with van der Waals surface area (Å²) in [5, 5.41) is 3.41. The molecule has 5 rings (SSSR count). The van der Waals surface area contributed by atoms with Gasteiger partial charge in [-0.2, -0.15) is 9.97 Å². The molecule has 1 unspecified atom stereocenters. The number of alkyl halides is 3. The summed E-state index contributed by atoms with van der Waals surface area (Å²) in [6, 6.07) is 9.27. The number of hydrogen-bond acceptors (Lipinski definition) is 7. The van der Waals surface area contributed by atoms with Crippen molar-refractivity contribution < 1.29 is 17.9 Å². The second-order valence-electron chi connectivity index (χ2n) is 10.5. The van der Waals surface area contributed by atoms with Crippen LogP contribution < -0.4 is 10.2 Å². The number of aromatic nitrogens is 4. The maximum Gasteiger partial charge on any atom is 0.296 e. The van der Waals surface area contributed by atoms with Crippen LogP contribution in [0, 0.1) is 5.92 Å². The van der Waals surface area contributed by atoms with E-state index in [1.54, 1.807) is 31.2 Å². The highest BCUT2D eigenvalue weighted by Crippen LogP contribution is 2.31. The molecule has 0 bridgehead atoms. The molecule has 212 valence electrons. The Morgan fingerprint density at radius 3 is 2.44 bits per heavy atom. The Kier molecular flexibility index (Phi) is 8.86. The van der Waals surface area contributed by atoms with Crippen molar-refractivity contribution in [1.82, 2.24) is 24.4 Å². The molecule has 2 aliphatic rings. The molecule has 3 aromatic rings. The van der Waals surface area contributed by atoms with E-state index in [0.29, 0.717) is 80.0 Å². The number of rotatable bonds is 10. The molecule has 1 atom stereocenters. The lowest BCUT2D eigenvalue weighted by Crippen LogP contribution is -2.41. The van der Waals surface area contributed by atoms with Gasteiger partial charge in [0, 0.05) is 38.3 Å². The minimum Gasteiger partial charge on any atom is -0.378 e. The topological polar surface area (TPSA) is 71.3 Å². The number of halogens is 3. The standard InChI is InChI=1S/C28H38F3N7O/c1-3-36(18-19(2)29)21-10-8-20(9-11-21)17-32-28-34-24(37-12-14-39-15-13-37)16-25(35-28)38-23-7-5-4-6-22(23)33-27(38)26(30)31/h4-7,16,19-21,26H,3,8-15,17-18H2,1-2H3,(H,32,34,35)/t19?,20-,21-. The Morgan fingerprint density at radius 2 is 1.74 bits per heavy atom. The monoisotopic (exact) mass is 545 g/mol. The summed E-state index contributed by atoms with van der Waals surface area (Å²) in [4.78, 5) is 18.0. The van der Waals surface area contributed by atoms with Crippen molar-refractivity contribution in [2.45, 2.75) is 58.2 Å². The lowest BCUT2D eigenvalue weighted by Gasteiger charge is -2.36. The molecular weight excluding hydrogens is 507 g/mol. The molecule has 1 aliphatic carbocycles. The van der Waals surface area contributed by atoms with Crippen molar-refractivity contribution in [1.29, 1.82) is 0 Å². The third-order valence-corrected chi connectivity index (χ3v) is 7.82. The van der Waals surface area contributed by atoms with Crippen LogP contribution in [0.1, 0.15) is 51.8 Å². The summed E-state index contributed by atoms with van der Waals surface area (Å²) < 4.78 is 48.7. The lowest BCUT2D eigenvalue weighted by atomic mass is 9.85. The van der Waals surface area contributed by atoms with Gasteiger partial charge in [0.25, 0.3) is 6.43 Å². The fourth-order valence-corrected chi connectivity index (χ4v) is 5.81. The van der Waals surface area contributed by atoms with Crippen LogP contribution in [-0.4, -0.2) is 82.6 Å². The van der Waals surface area contributed by atoms with Crippen LogP contribution in [0.25, 0.3) is 16.9 Å². The van der Waals surface area contributed by atoms with Gasteiger partial charge in [-0.3, -0.25) is 9.47 Å². The summed E-state index contributed by atoms with van der Waals surface area (Å²) in [5.41, 5.74) is 1.07. The molecule has 8 nitrogen and oxygen atoms in total. The molecule has 3 heterocycles. The molecule has 1 aromatic carbocycles. The number of para-hydroxylation sites is 2. The largest absolute Gasteiger partial charge is 0.378 e. The van der Waals surface area contributed by atoms with Gasteiger partial charge in [-0.1, -0.05) is 19.1 Å². The number of morpholine rings is 1. The van der Waals surface area contributed by atoms with Gasteiger partial charge in [0.15, 0.2) is 5.82 Å². The number of ether oxygens (including phenoxy) is 1. The minimum atomic E-state index is -2.76. The smallest absolute Gasteiger partial charge is 0.296 e. The second-order valence-corrected chi connectivity index (χ2v) is 10.5. The summed E-state index contributed by atoms with van der Waals surface area (Å²) in [6.07, 6.45) is 0.553. The minimum absolute atomic E-state index is 0.338. The van der Waals surface area contributed by atoms with Crippen molar-refractivity contribution >= 4 is 22.8 Å². The third kappa shape index (κ3) is 6.46. The van der Waals surface area contributed by atoms with E-state index in [4.69, 9.17) is 14.7 Å². The quantitative estimate of drug-likeness (QED) is 0.374. The Labute approximate surface area is 227 Å². The zero-order valence-corrected chi connectivity index (χ0v) is 22.7. The highest BCUT2D eigenvalue weighted by molar-refractivity contribution is 5.78. The summed E-state index contributed by atoms with van der Waals surface area (Å²) in [6.45, 7) is 8.24. The first-order valence-electron chi connectivity index (χ1n) is 14.0. The van der Waals surface area contributed by atoms with E-state index in [9.17, 15) is 13.2 Å². The van der Waals surface area contributed by atoms with E-state index < -0.39 is 12.6 Å². The predicted octanol–water partition coefficient (Wildman–Crippen LogP) is 5.24. The van der Waals surface area contributed by atoms with E-state index in [2.05, 4.69) is 27.0 Å². The Bertz CT molecular complexity index is 1220. The first-order chi connectivity index (χ1) is 18.9. The van der Waals surface area contributed by atoms with Crippen molar-refractivity contribution in [2.24, 2.45) is 5.92 Å². The molecule has 1 aliphatic heterocycles. The number of nitrogens with one attached hydrogen (secondary N) is 1. The molecule has 2 fully saturated rings. The van der Waals surface area contributed by atoms with Crippen LogP contribution >= 0.6 is 0 Å². The molecular formula is C28H38F3N7O. The van der Waals surface area contributed by atoms with Gasteiger partial charge < -0.3 is 15.0 Å². The molecule has 11 heteroatoms. The number of fused-ring (bicyclic) bond motifs is 1. The highest BCUT2D eigenvalue weighted by Gasteiger charge is 2.27. The average molecular weight is 546 g/mol. The molecule has 1 saturated heterocycles. The SMILES string of the molecule is CCN(CC(C)F)[C@H]1CC[C@H](CNc2nc(N3CCOCC3)cc(-n3c(C(F)F)nc4ccccc43)n2)CC1. The van der Waals surface area contributed by atoms with Gasteiger partial charge >= 0.3 is 0 Å². The van der Waals surface area contributed by atoms with E-state index in [-0.39, 0.29) is 5.82 Å². The van der Waals surface area contributed by atoms with Crippen LogP contribution in [0.15, 0.2) is 30.3 Å². The van der Waals surface area contributed by atoms with Crippen LogP contribution in [0.4, 0.5) is 24.9 Å². The number of anilines is 2. The van der Waals surface area contributed by atoms with Gasteiger partial charge in [0.1, 0.15) is 17.8 Å². The average Bonchev–Trinajstić information content (AvgIpc) is 3.36. The van der Waals surface area contributed by atoms with E-state index in [1.165, 1.54) is 4.57 Å². The normalized spacial score (nSPS) is 21.2. The Morgan fingerprint density at radius 1 is 1.03 bits per heavy atom. The molecule has 0 spiro atoms. The zero-order chi connectivity index (χ0) is 27.4. The molecule has 39 heavy (non-hydrogen) atoms. The van der Waals surface area contributed by atoms with Crippen LogP contribution in [0.2, 0.25) is 0 Å². The summed E-state index contributed by atoms with van der Waals surface area (Å²) >= 11 is 0. The van der Waals surface area contributed by atoms with Gasteiger partial charge in [-0.25, -0.2) is 18.2 Å². The fourth-order valence-electron chi connectivity index (χ4n) is 5.81. The first kappa shape index (κ1) is 27.6. The molecule has 0 amide bonds. The van der Waals surface area contributed by atoms with Gasteiger partial charge in [-0.15, -0.1) is 0 Å². The fraction of sp³-hybridized carbons (Fsp3) is 0.607. The van der Waals surface area contributed by atoms with Crippen LogP contribution in [-0.2, 0) is 4.74 Å². The molecule has 0 radical (unpaired) electrons. The molecule has 1 saturated carbocycles. The number of benzene rings is 1.